The van der Waals surface area contributed by atoms with Crippen LogP contribution >= 0.6 is 0 Å². The van der Waals surface area contributed by atoms with Crippen LogP contribution in [0.3, 0.4) is 0 Å². The molecule has 0 bridgehead atoms. The fraction of sp³-hybridized carbons (Fsp3) is 1.00. The van der Waals surface area contributed by atoms with Gasteiger partial charge < -0.3 is 0 Å². The minimum absolute atomic E-state index is 0.251. The Morgan fingerprint density at radius 1 is 1.29 bits per heavy atom. The Labute approximate surface area is 85.5 Å². The van der Waals surface area contributed by atoms with E-state index in [0.29, 0.717) is 6.04 Å². The van der Waals surface area contributed by atoms with Gasteiger partial charge in [0.15, 0.2) is 0 Å². The van der Waals surface area contributed by atoms with Gasteiger partial charge >= 0.3 is 0 Å². The summed E-state index contributed by atoms with van der Waals surface area (Å²) in [5.41, 5.74) is 2.74. The summed E-state index contributed by atoms with van der Waals surface area (Å²) in [5, 5.41) is 0. The molecule has 0 aromatic heterocycles. The molecule has 6 heteroatoms. The van der Waals surface area contributed by atoms with Gasteiger partial charge in [0, 0.05) is 6.04 Å². The van der Waals surface area contributed by atoms with E-state index in [1.54, 1.807) is 0 Å². The number of rotatable bonds is 4. The predicted octanol–water partition coefficient (Wildman–Crippen LogP) is -0.442. The minimum Gasteiger partial charge on any atom is -0.271 e. The number of hydrogen-bond acceptors (Lipinski definition) is 4. The lowest BCUT2D eigenvalue weighted by Gasteiger charge is -2.27. The highest BCUT2D eigenvalue weighted by Crippen LogP contribution is 2.24. The van der Waals surface area contributed by atoms with E-state index in [1.807, 2.05) is 0 Å². The van der Waals surface area contributed by atoms with Crippen molar-refractivity contribution in [1.82, 2.24) is 10.1 Å². The Morgan fingerprint density at radius 3 is 2.29 bits per heavy atom. The minimum atomic E-state index is -3.04. The Morgan fingerprint density at radius 2 is 1.86 bits per heavy atom. The highest BCUT2D eigenvalue weighted by atomic mass is 32.2. The van der Waals surface area contributed by atoms with Gasteiger partial charge in [0.05, 0.1) is 5.75 Å². The lowest BCUT2D eigenvalue weighted by atomic mass is 9.88. The molecule has 0 heterocycles. The largest absolute Gasteiger partial charge is 0.271 e. The summed E-state index contributed by atoms with van der Waals surface area (Å²) in [7, 11) is -1.58. The molecule has 1 fully saturated rings. The van der Waals surface area contributed by atoms with Crippen molar-refractivity contribution in [2.75, 3.05) is 12.8 Å². The number of sulfonamides is 1. The number of nitrogens with two attached hydrogens (primary N) is 1. The molecule has 0 amide bonds. The quantitative estimate of drug-likeness (QED) is 0.444. The molecule has 84 valence electrons. The van der Waals surface area contributed by atoms with Crippen LogP contribution in [-0.2, 0) is 10.0 Å². The monoisotopic (exact) mass is 221 g/mol. The molecule has 0 radical (unpaired) electrons. The summed E-state index contributed by atoms with van der Waals surface area (Å²) in [6.45, 7) is 0. The fourth-order valence-electron chi connectivity index (χ4n) is 1.89. The molecule has 1 saturated carbocycles. The van der Waals surface area contributed by atoms with Crippen LogP contribution < -0.4 is 16.0 Å². The van der Waals surface area contributed by atoms with E-state index in [0.717, 1.165) is 25.7 Å². The molecule has 0 aromatic carbocycles. The van der Waals surface area contributed by atoms with Gasteiger partial charge in [-0.2, -0.15) is 0 Å². The van der Waals surface area contributed by atoms with Crippen molar-refractivity contribution >= 4 is 10.0 Å². The van der Waals surface area contributed by atoms with E-state index in [4.69, 9.17) is 5.84 Å². The molecule has 0 aliphatic heterocycles. The number of nitrogens with one attached hydrogen (secondary N) is 2. The highest BCUT2D eigenvalue weighted by Gasteiger charge is 2.24. The fourth-order valence-corrected chi connectivity index (χ4v) is 3.01. The summed E-state index contributed by atoms with van der Waals surface area (Å²) < 4.78 is 24.9. The van der Waals surface area contributed by atoms with E-state index >= 15 is 0 Å². The third kappa shape index (κ3) is 3.53. The van der Waals surface area contributed by atoms with Crippen molar-refractivity contribution in [2.24, 2.45) is 11.8 Å². The summed E-state index contributed by atoms with van der Waals surface area (Å²) in [5.74, 6) is 5.86. The molecule has 5 nitrogen and oxygen atoms in total. The van der Waals surface area contributed by atoms with Gasteiger partial charge in [-0.1, -0.05) is 0 Å². The molecular weight excluding hydrogens is 202 g/mol. The molecular formula is C8H19N3O2S. The van der Waals surface area contributed by atoms with Crippen LogP contribution in [0.2, 0.25) is 0 Å². The summed E-state index contributed by atoms with van der Waals surface area (Å²) in [6.07, 6.45) is 3.83. The first-order chi connectivity index (χ1) is 6.57. The second kappa shape index (κ2) is 5.06. The molecule has 0 saturated heterocycles. The normalized spacial score (nSPS) is 29.0. The Kier molecular flexibility index (Phi) is 4.31. The predicted molar refractivity (Wildman–Crippen MR) is 55.9 cm³/mol. The second-order valence-corrected chi connectivity index (χ2v) is 5.84. The van der Waals surface area contributed by atoms with Gasteiger partial charge in [-0.3, -0.25) is 11.3 Å². The van der Waals surface area contributed by atoms with Gasteiger partial charge in [-0.25, -0.2) is 13.1 Å². The van der Waals surface area contributed by atoms with Crippen LogP contribution in [0, 0.1) is 5.92 Å². The Bertz CT molecular complexity index is 258. The number of hydrogen-bond donors (Lipinski definition) is 3. The van der Waals surface area contributed by atoms with Crippen molar-refractivity contribution in [3.05, 3.63) is 0 Å². The van der Waals surface area contributed by atoms with E-state index in [-0.39, 0.29) is 11.7 Å². The van der Waals surface area contributed by atoms with Crippen molar-refractivity contribution in [2.45, 2.75) is 31.7 Å². The lowest BCUT2D eigenvalue weighted by Crippen LogP contribution is -2.39. The van der Waals surface area contributed by atoms with Gasteiger partial charge in [-0.05, 0) is 38.6 Å². The second-order valence-electron chi connectivity index (χ2n) is 3.87. The third-order valence-corrected chi connectivity index (χ3v) is 4.38. The van der Waals surface area contributed by atoms with Crippen LogP contribution in [0.25, 0.3) is 0 Å². The zero-order valence-corrected chi connectivity index (χ0v) is 9.31. The molecule has 14 heavy (non-hydrogen) atoms. The van der Waals surface area contributed by atoms with E-state index in [2.05, 4.69) is 10.1 Å². The topological polar surface area (TPSA) is 84.2 Å². The average Bonchev–Trinajstić information content (AvgIpc) is 2.19. The van der Waals surface area contributed by atoms with Gasteiger partial charge in [0.2, 0.25) is 10.0 Å². The molecule has 0 aromatic rings. The molecule has 0 spiro atoms. The Balaban J connectivity index is 2.36. The molecule has 0 unspecified atom stereocenters. The van der Waals surface area contributed by atoms with Gasteiger partial charge in [0.25, 0.3) is 0 Å². The highest BCUT2D eigenvalue weighted by molar-refractivity contribution is 7.89. The summed E-state index contributed by atoms with van der Waals surface area (Å²) in [6, 6.07) is 0.364. The van der Waals surface area contributed by atoms with Crippen LogP contribution in [0.15, 0.2) is 0 Å². The average molecular weight is 221 g/mol. The lowest BCUT2D eigenvalue weighted by molar-refractivity contribution is 0.311. The molecule has 1 rings (SSSR count). The first-order valence-corrected chi connectivity index (χ1v) is 6.60. The molecule has 0 atom stereocenters. The smallest absolute Gasteiger partial charge is 0.211 e. The molecule has 1 aliphatic carbocycles. The Hall–Kier alpha value is -0.170. The first-order valence-electron chi connectivity index (χ1n) is 4.94. The van der Waals surface area contributed by atoms with Crippen molar-refractivity contribution in [3.63, 3.8) is 0 Å². The maximum atomic E-state index is 11.3. The summed E-state index contributed by atoms with van der Waals surface area (Å²) >= 11 is 0. The first kappa shape index (κ1) is 11.9. The van der Waals surface area contributed by atoms with Crippen molar-refractivity contribution in [3.8, 4) is 0 Å². The molecule has 1 aliphatic rings. The van der Waals surface area contributed by atoms with Gasteiger partial charge in [-0.15, -0.1) is 0 Å². The molecule has 4 N–H and O–H groups in total. The van der Waals surface area contributed by atoms with Gasteiger partial charge in [0.1, 0.15) is 0 Å². The van der Waals surface area contributed by atoms with Crippen LogP contribution in [-0.4, -0.2) is 27.3 Å². The van der Waals surface area contributed by atoms with E-state index in [9.17, 15) is 8.42 Å². The van der Waals surface area contributed by atoms with E-state index < -0.39 is 10.0 Å². The van der Waals surface area contributed by atoms with Crippen LogP contribution in [0.1, 0.15) is 25.7 Å². The van der Waals surface area contributed by atoms with Crippen LogP contribution in [0.5, 0.6) is 0 Å². The standard InChI is InChI=1S/C8H19N3O2S/c1-10-14(12,13)6-7-2-4-8(11-9)5-3-7/h7-8,10-11H,2-6,9H2,1H3. The van der Waals surface area contributed by atoms with Crippen molar-refractivity contribution in [1.29, 1.82) is 0 Å². The summed E-state index contributed by atoms with van der Waals surface area (Å²) in [4.78, 5) is 0. The maximum Gasteiger partial charge on any atom is 0.211 e. The number of hydrazine groups is 1. The maximum absolute atomic E-state index is 11.3. The van der Waals surface area contributed by atoms with E-state index in [1.165, 1.54) is 7.05 Å². The van der Waals surface area contributed by atoms with Crippen LogP contribution in [0.4, 0.5) is 0 Å². The van der Waals surface area contributed by atoms with Crippen molar-refractivity contribution < 1.29 is 8.42 Å². The third-order valence-electron chi connectivity index (χ3n) is 2.85. The zero-order valence-electron chi connectivity index (χ0n) is 8.49. The zero-order chi connectivity index (χ0) is 10.6. The SMILES string of the molecule is CNS(=O)(=O)CC1CCC(NN)CC1.